The topological polar surface area (TPSA) is 9.23 Å². The van der Waals surface area contributed by atoms with E-state index >= 15 is 0 Å². The first kappa shape index (κ1) is 14.7. The average Bonchev–Trinajstić information content (AvgIpc) is 2.39. The molecule has 0 amide bonds. The smallest absolute Gasteiger partial charge is 0.280 e. The van der Waals surface area contributed by atoms with Crippen molar-refractivity contribution >= 4 is 27.5 Å². The van der Waals surface area contributed by atoms with Crippen LogP contribution in [0.3, 0.4) is 0 Å². The van der Waals surface area contributed by atoms with Crippen molar-refractivity contribution in [3.8, 4) is 5.75 Å². The lowest BCUT2D eigenvalue weighted by atomic mass is 9.94. The van der Waals surface area contributed by atoms with Crippen molar-refractivity contribution in [3.63, 3.8) is 0 Å². The summed E-state index contributed by atoms with van der Waals surface area (Å²) in [6.07, 6.45) is -1.68. The first-order chi connectivity index (χ1) is 9.88. The maximum absolute atomic E-state index is 14.3. The van der Waals surface area contributed by atoms with Crippen molar-refractivity contribution < 1.29 is 17.9 Å². The van der Waals surface area contributed by atoms with Gasteiger partial charge in [-0.15, -0.1) is 0 Å². The Kier molecular flexibility index (Phi) is 3.66. The lowest BCUT2D eigenvalue weighted by Gasteiger charge is -2.33. The van der Waals surface area contributed by atoms with Gasteiger partial charge in [0.1, 0.15) is 17.7 Å². The summed E-state index contributed by atoms with van der Waals surface area (Å²) in [6.45, 7) is 0. The monoisotopic (exact) mass is 376 g/mol. The van der Waals surface area contributed by atoms with Gasteiger partial charge in [-0.05, 0) is 40.2 Å². The molecule has 1 aliphatic heterocycles. The van der Waals surface area contributed by atoms with E-state index in [9.17, 15) is 13.2 Å². The summed E-state index contributed by atoms with van der Waals surface area (Å²) in [7, 11) is 0. The first-order valence-electron chi connectivity index (χ1n) is 6.17. The van der Waals surface area contributed by atoms with Crippen LogP contribution in [0.2, 0.25) is 5.02 Å². The number of benzene rings is 2. The van der Waals surface area contributed by atoms with E-state index in [4.69, 9.17) is 16.3 Å². The molecule has 0 aliphatic carbocycles. The molecule has 0 saturated heterocycles. The summed E-state index contributed by atoms with van der Waals surface area (Å²) in [6, 6.07) is 8.36. The van der Waals surface area contributed by atoms with Gasteiger partial charge in [0.05, 0.1) is 16.5 Å². The molecule has 0 saturated carbocycles. The van der Waals surface area contributed by atoms with Gasteiger partial charge in [0, 0.05) is 10.6 Å². The van der Waals surface area contributed by atoms with Gasteiger partial charge < -0.3 is 4.74 Å². The molecule has 0 N–H and O–H groups in total. The second kappa shape index (κ2) is 5.21. The maximum Gasteiger partial charge on any atom is 0.280 e. The third-order valence-corrected chi connectivity index (χ3v) is 4.23. The predicted molar refractivity (Wildman–Crippen MR) is 77.4 cm³/mol. The summed E-state index contributed by atoms with van der Waals surface area (Å²) in [5.74, 6) is -3.69. The lowest BCUT2D eigenvalue weighted by molar-refractivity contribution is -0.0667. The molecule has 0 bridgehead atoms. The van der Waals surface area contributed by atoms with Crippen molar-refractivity contribution in [2.45, 2.75) is 18.4 Å². The number of rotatable bonds is 1. The van der Waals surface area contributed by atoms with Gasteiger partial charge >= 0.3 is 0 Å². The number of halogens is 5. The van der Waals surface area contributed by atoms with Crippen LogP contribution >= 0.6 is 27.5 Å². The Morgan fingerprint density at radius 1 is 1.24 bits per heavy atom. The molecule has 6 heteroatoms. The Balaban J connectivity index is 2.07. The molecule has 0 spiro atoms. The molecule has 0 fully saturated rings. The zero-order valence-electron chi connectivity index (χ0n) is 10.5. The Hall–Kier alpha value is -1.20. The Morgan fingerprint density at radius 2 is 2.00 bits per heavy atom. The number of ether oxygens (including phenoxy) is 1. The quantitative estimate of drug-likeness (QED) is 0.605. The van der Waals surface area contributed by atoms with Gasteiger partial charge in [-0.2, -0.15) is 0 Å². The Morgan fingerprint density at radius 3 is 2.71 bits per heavy atom. The van der Waals surface area contributed by atoms with E-state index in [1.165, 1.54) is 24.3 Å². The van der Waals surface area contributed by atoms with E-state index in [0.717, 1.165) is 6.07 Å². The number of hydrogen-bond donors (Lipinski definition) is 0. The van der Waals surface area contributed by atoms with Crippen LogP contribution in [0.5, 0.6) is 5.75 Å². The van der Waals surface area contributed by atoms with Crippen molar-refractivity contribution in [3.05, 3.63) is 62.8 Å². The van der Waals surface area contributed by atoms with Gasteiger partial charge in [0.2, 0.25) is 0 Å². The van der Waals surface area contributed by atoms with Crippen LogP contribution in [0.4, 0.5) is 13.2 Å². The van der Waals surface area contributed by atoms with Gasteiger partial charge in [-0.1, -0.05) is 23.7 Å². The van der Waals surface area contributed by atoms with E-state index in [-0.39, 0.29) is 21.9 Å². The molecular formula is C15H9BrClF3O. The summed E-state index contributed by atoms with van der Waals surface area (Å²) >= 11 is 8.87. The van der Waals surface area contributed by atoms with Gasteiger partial charge in [0.15, 0.2) is 0 Å². The Bertz CT molecular complexity index is 705. The fraction of sp³-hybridized carbons (Fsp3) is 0.200. The molecule has 2 aromatic carbocycles. The fourth-order valence-electron chi connectivity index (χ4n) is 2.38. The molecule has 110 valence electrons. The summed E-state index contributed by atoms with van der Waals surface area (Å²) in [5, 5.41) is 0.209. The lowest BCUT2D eigenvalue weighted by Crippen LogP contribution is -2.28. The standard InChI is InChI=1S/C15H9BrClF3O/c16-11-3-1-2-10-14(11)21-13(7-15(10,19)20)9-5-4-8(17)6-12(9)18/h1-6,13H,7H2. The molecular weight excluding hydrogens is 369 g/mol. The second-order valence-electron chi connectivity index (χ2n) is 4.80. The summed E-state index contributed by atoms with van der Waals surface area (Å²) < 4.78 is 48.5. The summed E-state index contributed by atoms with van der Waals surface area (Å²) in [4.78, 5) is 0. The summed E-state index contributed by atoms with van der Waals surface area (Å²) in [5.41, 5.74) is -0.122. The van der Waals surface area contributed by atoms with Gasteiger partial charge in [0.25, 0.3) is 5.92 Å². The zero-order chi connectivity index (χ0) is 15.2. The highest BCUT2D eigenvalue weighted by Crippen LogP contribution is 2.50. The molecule has 21 heavy (non-hydrogen) atoms. The third kappa shape index (κ3) is 2.64. The third-order valence-electron chi connectivity index (χ3n) is 3.37. The van der Waals surface area contributed by atoms with E-state index in [1.807, 2.05) is 0 Å². The molecule has 0 radical (unpaired) electrons. The maximum atomic E-state index is 14.3. The molecule has 1 heterocycles. The number of fused-ring (bicyclic) bond motifs is 1. The number of alkyl halides is 2. The largest absolute Gasteiger partial charge is 0.484 e. The molecule has 1 aliphatic rings. The van der Waals surface area contributed by atoms with Gasteiger partial charge in [-0.25, -0.2) is 13.2 Å². The van der Waals surface area contributed by atoms with E-state index < -0.39 is 24.3 Å². The highest BCUT2D eigenvalue weighted by molar-refractivity contribution is 9.10. The molecule has 1 unspecified atom stereocenters. The number of hydrogen-bond acceptors (Lipinski definition) is 1. The predicted octanol–water partition coefficient (Wildman–Crippen LogP) is 5.86. The van der Waals surface area contributed by atoms with Crippen molar-refractivity contribution in [1.29, 1.82) is 0 Å². The molecule has 1 nitrogen and oxygen atoms in total. The molecule has 2 aromatic rings. The number of para-hydroxylation sites is 1. The zero-order valence-corrected chi connectivity index (χ0v) is 12.9. The Labute approximate surface area is 132 Å². The minimum atomic E-state index is -3.09. The second-order valence-corrected chi connectivity index (χ2v) is 6.09. The van der Waals surface area contributed by atoms with Crippen LogP contribution in [-0.4, -0.2) is 0 Å². The minimum Gasteiger partial charge on any atom is -0.484 e. The normalized spacial score (nSPS) is 19.8. The fourth-order valence-corrected chi connectivity index (χ4v) is 3.00. The van der Waals surface area contributed by atoms with Crippen LogP contribution in [0.25, 0.3) is 0 Å². The van der Waals surface area contributed by atoms with Crippen LogP contribution in [0.1, 0.15) is 23.7 Å². The van der Waals surface area contributed by atoms with Crippen LogP contribution in [0.15, 0.2) is 40.9 Å². The van der Waals surface area contributed by atoms with E-state index in [1.54, 1.807) is 6.07 Å². The minimum absolute atomic E-state index is 0.0492. The van der Waals surface area contributed by atoms with E-state index in [2.05, 4.69) is 15.9 Å². The van der Waals surface area contributed by atoms with E-state index in [0.29, 0.717) is 4.47 Å². The molecule has 3 rings (SSSR count). The first-order valence-corrected chi connectivity index (χ1v) is 7.34. The van der Waals surface area contributed by atoms with Crippen LogP contribution in [0, 0.1) is 5.82 Å². The average molecular weight is 378 g/mol. The molecule has 0 aromatic heterocycles. The van der Waals surface area contributed by atoms with Gasteiger partial charge in [-0.3, -0.25) is 0 Å². The van der Waals surface area contributed by atoms with Crippen molar-refractivity contribution in [2.24, 2.45) is 0 Å². The van der Waals surface area contributed by atoms with Crippen molar-refractivity contribution in [2.75, 3.05) is 0 Å². The highest BCUT2D eigenvalue weighted by atomic mass is 79.9. The SMILES string of the molecule is Fc1cc(Cl)ccc1C1CC(F)(F)c2cccc(Br)c2O1. The molecule has 1 atom stereocenters. The van der Waals surface area contributed by atoms with Crippen molar-refractivity contribution in [1.82, 2.24) is 0 Å². The van der Waals surface area contributed by atoms with Crippen LogP contribution in [-0.2, 0) is 5.92 Å². The highest BCUT2D eigenvalue weighted by Gasteiger charge is 2.44. The van der Waals surface area contributed by atoms with Crippen LogP contribution < -0.4 is 4.74 Å².